The van der Waals surface area contributed by atoms with Gasteiger partial charge in [0.05, 0.1) is 0 Å². The van der Waals surface area contributed by atoms with Gasteiger partial charge in [0.2, 0.25) is 0 Å². The minimum Gasteiger partial charge on any atom is -0.373 e. The molecule has 1 unspecified atom stereocenters. The van der Waals surface area contributed by atoms with Gasteiger partial charge in [0.1, 0.15) is 11.6 Å². The maximum absolute atomic E-state index is 4.64. The molecule has 0 radical (unpaired) electrons. The third-order valence-corrected chi connectivity index (χ3v) is 3.85. The lowest BCUT2D eigenvalue weighted by molar-refractivity contribution is 0.630. The highest BCUT2D eigenvalue weighted by molar-refractivity contribution is 5.61. The third kappa shape index (κ3) is 2.59. The van der Waals surface area contributed by atoms with E-state index in [0.717, 1.165) is 23.0 Å². The Morgan fingerprint density at radius 1 is 1.10 bits per heavy atom. The molecule has 1 aromatic carbocycles. The lowest BCUT2D eigenvalue weighted by Gasteiger charge is -2.11. The second kappa shape index (κ2) is 4.78. The van der Waals surface area contributed by atoms with Crippen molar-refractivity contribution in [1.29, 1.82) is 0 Å². The highest BCUT2D eigenvalue weighted by atomic mass is 15.1. The number of hydrogen-bond acceptors (Lipinski definition) is 4. The van der Waals surface area contributed by atoms with Crippen molar-refractivity contribution in [2.45, 2.75) is 26.3 Å². The summed E-state index contributed by atoms with van der Waals surface area (Å²) in [7, 11) is 1.88. The van der Waals surface area contributed by atoms with Gasteiger partial charge in [-0.05, 0) is 11.8 Å². The molecule has 1 aliphatic carbocycles. The predicted molar refractivity (Wildman–Crippen MR) is 82.8 cm³/mol. The molecule has 1 aromatic heterocycles. The quantitative estimate of drug-likeness (QED) is 0.892. The van der Waals surface area contributed by atoms with E-state index in [1.54, 1.807) is 0 Å². The maximum Gasteiger partial charge on any atom is 0.163 e. The molecule has 20 heavy (non-hydrogen) atoms. The van der Waals surface area contributed by atoms with Crippen LogP contribution in [0, 0.1) is 5.41 Å². The number of anilines is 2. The van der Waals surface area contributed by atoms with Crippen LogP contribution in [0.3, 0.4) is 0 Å². The summed E-state index contributed by atoms with van der Waals surface area (Å²) in [6.45, 7) is 4.53. The van der Waals surface area contributed by atoms with Gasteiger partial charge in [-0.3, -0.25) is 0 Å². The minimum atomic E-state index is 0.373. The van der Waals surface area contributed by atoms with Crippen LogP contribution < -0.4 is 10.6 Å². The average molecular weight is 268 g/mol. The van der Waals surface area contributed by atoms with Gasteiger partial charge in [0.15, 0.2) is 5.82 Å². The van der Waals surface area contributed by atoms with Gasteiger partial charge >= 0.3 is 0 Å². The molecule has 2 aromatic rings. The van der Waals surface area contributed by atoms with E-state index in [9.17, 15) is 0 Å². The summed E-state index contributed by atoms with van der Waals surface area (Å²) in [5, 5.41) is 6.60. The molecule has 1 atom stereocenters. The number of hydrogen-bond donors (Lipinski definition) is 2. The van der Waals surface area contributed by atoms with Gasteiger partial charge in [-0.2, -0.15) is 0 Å². The van der Waals surface area contributed by atoms with Gasteiger partial charge in [-0.15, -0.1) is 0 Å². The fraction of sp³-hybridized carbons (Fsp3) is 0.375. The Kier molecular flexibility index (Phi) is 3.08. The summed E-state index contributed by atoms with van der Waals surface area (Å²) in [6, 6.07) is 12.5. The fourth-order valence-electron chi connectivity index (χ4n) is 2.26. The molecule has 0 aliphatic heterocycles. The topological polar surface area (TPSA) is 49.8 Å². The van der Waals surface area contributed by atoms with Crippen molar-refractivity contribution in [2.75, 3.05) is 17.7 Å². The van der Waals surface area contributed by atoms with E-state index in [4.69, 9.17) is 0 Å². The molecule has 1 fully saturated rings. The van der Waals surface area contributed by atoms with E-state index in [0.29, 0.717) is 11.5 Å². The van der Waals surface area contributed by atoms with Crippen molar-refractivity contribution in [1.82, 2.24) is 9.97 Å². The standard InChI is InChI=1S/C16H20N4/c1-16(2)10-12(16)18-14-9-13(17-3)19-15(20-14)11-7-5-4-6-8-11/h4-9,12H,10H2,1-3H3,(H2,17,18,19,20). The van der Waals surface area contributed by atoms with E-state index in [-0.39, 0.29) is 0 Å². The fourth-order valence-corrected chi connectivity index (χ4v) is 2.26. The molecule has 2 N–H and O–H groups in total. The summed E-state index contributed by atoms with van der Waals surface area (Å²) in [5.74, 6) is 2.47. The SMILES string of the molecule is CNc1cc(NC2CC2(C)C)nc(-c2ccccc2)n1. The molecule has 4 nitrogen and oxygen atoms in total. The van der Waals surface area contributed by atoms with Gasteiger partial charge in [0.25, 0.3) is 0 Å². The van der Waals surface area contributed by atoms with Gasteiger partial charge in [-0.1, -0.05) is 44.2 Å². The van der Waals surface area contributed by atoms with Crippen LogP contribution in [0.1, 0.15) is 20.3 Å². The summed E-state index contributed by atoms with van der Waals surface area (Å²) in [5.41, 5.74) is 1.40. The number of benzene rings is 1. The normalized spacial score (nSPS) is 19.4. The summed E-state index contributed by atoms with van der Waals surface area (Å²) < 4.78 is 0. The van der Waals surface area contributed by atoms with Crippen molar-refractivity contribution in [3.05, 3.63) is 36.4 Å². The molecule has 0 amide bonds. The van der Waals surface area contributed by atoms with Crippen molar-refractivity contribution in [3.8, 4) is 11.4 Å². The first-order chi connectivity index (χ1) is 9.58. The Morgan fingerprint density at radius 3 is 2.35 bits per heavy atom. The van der Waals surface area contributed by atoms with E-state index in [2.05, 4.69) is 34.4 Å². The first-order valence-corrected chi connectivity index (χ1v) is 6.97. The Bertz CT molecular complexity index is 607. The van der Waals surface area contributed by atoms with Crippen molar-refractivity contribution in [3.63, 3.8) is 0 Å². The Balaban J connectivity index is 1.91. The first kappa shape index (κ1) is 12.9. The molecule has 0 bridgehead atoms. The summed E-state index contributed by atoms with van der Waals surface area (Å²) >= 11 is 0. The number of nitrogens with zero attached hydrogens (tertiary/aromatic N) is 2. The highest BCUT2D eigenvalue weighted by Gasteiger charge is 2.45. The van der Waals surface area contributed by atoms with Crippen LogP contribution in [0.15, 0.2) is 36.4 Å². The molecule has 0 saturated heterocycles. The first-order valence-electron chi connectivity index (χ1n) is 6.97. The zero-order valence-corrected chi connectivity index (χ0v) is 12.1. The van der Waals surface area contributed by atoms with Crippen LogP contribution in [0.2, 0.25) is 0 Å². The van der Waals surface area contributed by atoms with Crippen LogP contribution in [0.4, 0.5) is 11.6 Å². The smallest absolute Gasteiger partial charge is 0.163 e. The number of nitrogens with one attached hydrogen (secondary N) is 2. The lowest BCUT2D eigenvalue weighted by atomic mass is 10.2. The van der Waals surface area contributed by atoms with Crippen LogP contribution in [0.25, 0.3) is 11.4 Å². The highest BCUT2D eigenvalue weighted by Crippen LogP contribution is 2.46. The number of rotatable bonds is 4. The predicted octanol–water partition coefficient (Wildman–Crippen LogP) is 3.40. The minimum absolute atomic E-state index is 0.373. The molecular formula is C16H20N4. The van der Waals surface area contributed by atoms with E-state index >= 15 is 0 Å². The van der Waals surface area contributed by atoms with Crippen LogP contribution in [-0.4, -0.2) is 23.1 Å². The Labute approximate surface area is 119 Å². The second-order valence-electron chi connectivity index (χ2n) is 5.97. The van der Waals surface area contributed by atoms with Gasteiger partial charge in [-0.25, -0.2) is 9.97 Å². The average Bonchev–Trinajstić information content (AvgIpc) is 3.06. The molecule has 1 saturated carbocycles. The molecule has 1 heterocycles. The van der Waals surface area contributed by atoms with Gasteiger partial charge in [0, 0.05) is 24.7 Å². The summed E-state index contributed by atoms with van der Waals surface area (Å²) in [6.07, 6.45) is 1.19. The van der Waals surface area contributed by atoms with E-state index in [1.165, 1.54) is 6.42 Å². The second-order valence-corrected chi connectivity index (χ2v) is 5.97. The molecule has 0 spiro atoms. The maximum atomic E-state index is 4.64. The van der Waals surface area contributed by atoms with Crippen LogP contribution in [0.5, 0.6) is 0 Å². The monoisotopic (exact) mass is 268 g/mol. The van der Waals surface area contributed by atoms with E-state index < -0.39 is 0 Å². The Hall–Kier alpha value is -2.10. The van der Waals surface area contributed by atoms with Crippen molar-refractivity contribution < 1.29 is 0 Å². The zero-order chi connectivity index (χ0) is 14.2. The Morgan fingerprint density at radius 2 is 1.75 bits per heavy atom. The third-order valence-electron chi connectivity index (χ3n) is 3.85. The molecule has 3 rings (SSSR count). The van der Waals surface area contributed by atoms with Crippen LogP contribution in [-0.2, 0) is 0 Å². The lowest BCUT2D eigenvalue weighted by Crippen LogP contribution is -2.11. The van der Waals surface area contributed by atoms with E-state index in [1.807, 2.05) is 43.4 Å². The number of aromatic nitrogens is 2. The molecule has 4 heteroatoms. The van der Waals surface area contributed by atoms with Gasteiger partial charge < -0.3 is 10.6 Å². The van der Waals surface area contributed by atoms with Crippen LogP contribution >= 0.6 is 0 Å². The molecule has 104 valence electrons. The largest absolute Gasteiger partial charge is 0.373 e. The molecule has 1 aliphatic rings. The summed E-state index contributed by atoms with van der Waals surface area (Å²) in [4.78, 5) is 9.16. The van der Waals surface area contributed by atoms with Crippen molar-refractivity contribution in [2.24, 2.45) is 5.41 Å². The zero-order valence-electron chi connectivity index (χ0n) is 12.1. The molecular weight excluding hydrogens is 248 g/mol. The van der Waals surface area contributed by atoms with Crippen molar-refractivity contribution >= 4 is 11.6 Å².